The lowest BCUT2D eigenvalue weighted by atomic mass is 10.00. The van der Waals surface area contributed by atoms with Gasteiger partial charge in [-0.25, -0.2) is 0 Å². The first kappa shape index (κ1) is 27.1. The van der Waals surface area contributed by atoms with Crippen molar-refractivity contribution in [2.45, 2.75) is 45.8 Å². The van der Waals surface area contributed by atoms with Crippen LogP contribution < -0.4 is 19.5 Å². The summed E-state index contributed by atoms with van der Waals surface area (Å²) in [7, 11) is 3.07. The standard InChI is InChI=1S/C28H34N2O5S/c1-7-35-21-13-10-19(11-14-21)25(26(31)29-28(2,3)4)30(18-22-9-8-16-36-22)27(32)20-12-15-23(33-5)24(17-20)34-6/h8-17,25H,7,18H2,1-6H3,(H,29,31)/t25-/m1/s1. The Bertz CT molecular complexity index is 1150. The van der Waals surface area contributed by atoms with Crippen LogP contribution in [0.1, 0.15) is 54.5 Å². The minimum Gasteiger partial charge on any atom is -0.494 e. The fourth-order valence-electron chi connectivity index (χ4n) is 3.81. The van der Waals surface area contributed by atoms with Crippen LogP contribution >= 0.6 is 11.3 Å². The Morgan fingerprint density at radius 1 is 1.00 bits per heavy atom. The first-order valence-electron chi connectivity index (χ1n) is 11.8. The van der Waals surface area contributed by atoms with Gasteiger partial charge in [-0.3, -0.25) is 9.59 Å². The Morgan fingerprint density at radius 3 is 2.25 bits per heavy atom. The summed E-state index contributed by atoms with van der Waals surface area (Å²) in [4.78, 5) is 30.3. The fourth-order valence-corrected chi connectivity index (χ4v) is 4.51. The van der Waals surface area contributed by atoms with Gasteiger partial charge in [-0.2, -0.15) is 0 Å². The van der Waals surface area contributed by atoms with Crippen LogP contribution in [0.15, 0.2) is 60.0 Å². The van der Waals surface area contributed by atoms with Crippen molar-refractivity contribution in [3.63, 3.8) is 0 Å². The Kier molecular flexibility index (Phi) is 8.98. The van der Waals surface area contributed by atoms with Crippen molar-refractivity contribution in [3.05, 3.63) is 76.0 Å². The Labute approximate surface area is 217 Å². The first-order valence-corrected chi connectivity index (χ1v) is 12.6. The van der Waals surface area contributed by atoms with Crippen LogP contribution in [0.5, 0.6) is 17.2 Å². The molecule has 1 atom stereocenters. The summed E-state index contributed by atoms with van der Waals surface area (Å²) in [6.45, 7) is 8.47. The number of nitrogens with zero attached hydrogens (tertiary/aromatic N) is 1. The molecule has 0 fully saturated rings. The molecule has 0 radical (unpaired) electrons. The van der Waals surface area contributed by atoms with Gasteiger partial charge in [0, 0.05) is 16.0 Å². The summed E-state index contributed by atoms with van der Waals surface area (Å²) >= 11 is 1.53. The first-order chi connectivity index (χ1) is 17.2. The molecule has 0 aliphatic rings. The van der Waals surface area contributed by atoms with E-state index >= 15 is 0 Å². The Hall–Kier alpha value is -3.52. The third-order valence-electron chi connectivity index (χ3n) is 5.36. The number of benzene rings is 2. The summed E-state index contributed by atoms with van der Waals surface area (Å²) in [5.41, 5.74) is 0.593. The molecule has 192 valence electrons. The number of rotatable bonds is 10. The maximum Gasteiger partial charge on any atom is 0.255 e. The molecule has 1 N–H and O–H groups in total. The van der Waals surface area contributed by atoms with Crippen LogP contribution in [0.3, 0.4) is 0 Å². The zero-order valence-corrected chi connectivity index (χ0v) is 22.5. The van der Waals surface area contributed by atoms with Crippen molar-refractivity contribution >= 4 is 23.2 Å². The van der Waals surface area contributed by atoms with Gasteiger partial charge in [0.15, 0.2) is 11.5 Å². The second-order valence-electron chi connectivity index (χ2n) is 9.23. The largest absolute Gasteiger partial charge is 0.494 e. The number of nitrogens with one attached hydrogen (secondary N) is 1. The molecular formula is C28H34N2O5S. The highest BCUT2D eigenvalue weighted by Gasteiger charge is 2.34. The number of amides is 2. The molecule has 7 nitrogen and oxygen atoms in total. The number of hydrogen-bond donors (Lipinski definition) is 1. The van der Waals surface area contributed by atoms with Crippen molar-refractivity contribution in [2.75, 3.05) is 20.8 Å². The Morgan fingerprint density at radius 2 is 1.69 bits per heavy atom. The van der Waals surface area contributed by atoms with E-state index in [0.29, 0.717) is 35.0 Å². The zero-order chi connectivity index (χ0) is 26.3. The molecule has 36 heavy (non-hydrogen) atoms. The van der Waals surface area contributed by atoms with Gasteiger partial charge in [0.1, 0.15) is 11.8 Å². The molecule has 2 aromatic carbocycles. The van der Waals surface area contributed by atoms with Crippen LogP contribution in [-0.2, 0) is 11.3 Å². The third kappa shape index (κ3) is 6.79. The summed E-state index contributed by atoms with van der Waals surface area (Å²) < 4.78 is 16.3. The third-order valence-corrected chi connectivity index (χ3v) is 6.22. The van der Waals surface area contributed by atoms with Crippen LogP contribution in [0.25, 0.3) is 0 Å². The molecule has 0 unspecified atom stereocenters. The van der Waals surface area contributed by atoms with Gasteiger partial charge in [0.25, 0.3) is 5.91 Å². The van der Waals surface area contributed by atoms with Crippen LogP contribution in [0, 0.1) is 0 Å². The monoisotopic (exact) mass is 510 g/mol. The highest BCUT2D eigenvalue weighted by molar-refractivity contribution is 7.09. The molecule has 0 bridgehead atoms. The molecule has 1 heterocycles. The van der Waals surface area contributed by atoms with Gasteiger partial charge in [-0.1, -0.05) is 18.2 Å². The molecule has 3 rings (SSSR count). The lowest BCUT2D eigenvalue weighted by Gasteiger charge is -2.33. The molecular weight excluding hydrogens is 476 g/mol. The summed E-state index contributed by atoms with van der Waals surface area (Å²) in [5.74, 6) is 1.10. The van der Waals surface area contributed by atoms with Crippen LogP contribution in [0.2, 0.25) is 0 Å². The number of ether oxygens (including phenoxy) is 3. The van der Waals surface area contributed by atoms with E-state index in [1.165, 1.54) is 18.4 Å². The topological polar surface area (TPSA) is 77.1 Å². The van der Waals surface area contributed by atoms with E-state index in [0.717, 1.165) is 4.88 Å². The maximum atomic E-state index is 14.0. The Balaban J connectivity index is 2.11. The molecule has 1 aromatic heterocycles. The predicted molar refractivity (Wildman–Crippen MR) is 142 cm³/mol. The lowest BCUT2D eigenvalue weighted by Crippen LogP contribution is -2.49. The van der Waals surface area contributed by atoms with E-state index < -0.39 is 11.6 Å². The molecule has 0 spiro atoms. The minimum atomic E-state index is -0.873. The van der Waals surface area contributed by atoms with Crippen molar-refractivity contribution < 1.29 is 23.8 Å². The van der Waals surface area contributed by atoms with Crippen molar-refractivity contribution in [2.24, 2.45) is 0 Å². The summed E-state index contributed by atoms with van der Waals surface area (Å²) in [6.07, 6.45) is 0. The smallest absolute Gasteiger partial charge is 0.255 e. The van der Waals surface area contributed by atoms with Gasteiger partial charge in [0.05, 0.1) is 27.4 Å². The predicted octanol–water partition coefficient (Wildman–Crippen LogP) is 5.46. The van der Waals surface area contributed by atoms with Crippen molar-refractivity contribution in [1.29, 1.82) is 0 Å². The molecule has 3 aromatic rings. The van der Waals surface area contributed by atoms with E-state index in [1.807, 2.05) is 69.5 Å². The highest BCUT2D eigenvalue weighted by atomic mass is 32.1. The van der Waals surface area contributed by atoms with Crippen LogP contribution in [-0.4, -0.2) is 43.1 Å². The van der Waals surface area contributed by atoms with E-state index in [-0.39, 0.29) is 18.4 Å². The van der Waals surface area contributed by atoms with E-state index in [9.17, 15) is 9.59 Å². The van der Waals surface area contributed by atoms with Gasteiger partial charge in [-0.05, 0) is 75.0 Å². The molecule has 0 saturated heterocycles. The SMILES string of the molecule is CCOc1ccc([C@H](C(=O)NC(C)(C)C)N(Cc2cccs2)C(=O)c2ccc(OC)c(OC)c2)cc1. The number of carbonyl (C=O) groups excluding carboxylic acids is 2. The van der Waals surface area contributed by atoms with Crippen molar-refractivity contribution in [3.8, 4) is 17.2 Å². The second-order valence-corrected chi connectivity index (χ2v) is 10.3. The normalized spacial score (nSPS) is 11.9. The van der Waals surface area contributed by atoms with E-state index in [4.69, 9.17) is 14.2 Å². The van der Waals surface area contributed by atoms with Crippen LogP contribution in [0.4, 0.5) is 0 Å². The van der Waals surface area contributed by atoms with E-state index in [2.05, 4.69) is 5.32 Å². The zero-order valence-electron chi connectivity index (χ0n) is 21.7. The van der Waals surface area contributed by atoms with Gasteiger partial charge in [0.2, 0.25) is 5.91 Å². The highest BCUT2D eigenvalue weighted by Crippen LogP contribution is 2.32. The molecule has 0 aliphatic carbocycles. The second kappa shape index (κ2) is 11.9. The minimum absolute atomic E-state index is 0.264. The molecule has 8 heteroatoms. The number of thiophene rings is 1. The van der Waals surface area contributed by atoms with Crippen molar-refractivity contribution in [1.82, 2.24) is 10.2 Å². The van der Waals surface area contributed by atoms with Gasteiger partial charge in [-0.15, -0.1) is 11.3 Å². The number of hydrogen-bond acceptors (Lipinski definition) is 6. The lowest BCUT2D eigenvalue weighted by molar-refractivity contribution is -0.127. The molecule has 0 saturated carbocycles. The maximum absolute atomic E-state index is 14.0. The van der Waals surface area contributed by atoms with E-state index in [1.54, 1.807) is 30.2 Å². The quantitative estimate of drug-likeness (QED) is 0.392. The summed E-state index contributed by atoms with van der Waals surface area (Å²) in [6, 6.07) is 15.3. The number of carbonyl (C=O) groups is 2. The fraction of sp³-hybridized carbons (Fsp3) is 0.357. The van der Waals surface area contributed by atoms with Gasteiger partial charge < -0.3 is 24.4 Å². The molecule has 2 amide bonds. The number of methoxy groups -OCH3 is 2. The summed E-state index contributed by atoms with van der Waals surface area (Å²) in [5, 5.41) is 5.01. The average molecular weight is 511 g/mol. The van der Waals surface area contributed by atoms with Gasteiger partial charge >= 0.3 is 0 Å². The molecule has 0 aliphatic heterocycles. The average Bonchev–Trinajstić information content (AvgIpc) is 3.36.